The van der Waals surface area contributed by atoms with Gasteiger partial charge in [-0.2, -0.15) is 5.10 Å². The summed E-state index contributed by atoms with van der Waals surface area (Å²) in [6, 6.07) is 14.1. The second-order valence-electron chi connectivity index (χ2n) is 5.50. The molecule has 1 aromatic heterocycles. The standard InChI is InChI=1S/C19H19N3OS/c1-13-4-9-17(14(2)10-13)18-12-24-19(21-18)22-20-11-15-5-7-16(23-3)8-6-15/h4-12H,1-3H3,(H,21,22). The molecule has 0 fully saturated rings. The highest BCUT2D eigenvalue weighted by atomic mass is 32.1. The molecule has 5 heteroatoms. The SMILES string of the molecule is COc1ccc(C=NNc2nc(-c3ccc(C)cc3C)cs2)cc1. The normalized spacial score (nSPS) is 11.0. The quantitative estimate of drug-likeness (QED) is 0.533. The molecule has 0 saturated carbocycles. The van der Waals surface area contributed by atoms with E-state index in [0.29, 0.717) is 0 Å². The molecule has 0 aliphatic rings. The Morgan fingerprint density at radius 1 is 1.12 bits per heavy atom. The second kappa shape index (κ2) is 7.27. The van der Waals surface area contributed by atoms with Crippen molar-refractivity contribution in [3.8, 4) is 17.0 Å². The molecule has 24 heavy (non-hydrogen) atoms. The van der Waals surface area contributed by atoms with Crippen LogP contribution in [0.5, 0.6) is 5.75 Å². The van der Waals surface area contributed by atoms with E-state index in [4.69, 9.17) is 4.74 Å². The maximum atomic E-state index is 5.14. The van der Waals surface area contributed by atoms with E-state index in [9.17, 15) is 0 Å². The van der Waals surface area contributed by atoms with Crippen molar-refractivity contribution < 1.29 is 4.74 Å². The fraction of sp³-hybridized carbons (Fsp3) is 0.158. The number of anilines is 1. The summed E-state index contributed by atoms with van der Waals surface area (Å²) >= 11 is 1.54. The van der Waals surface area contributed by atoms with Crippen molar-refractivity contribution in [3.63, 3.8) is 0 Å². The molecule has 122 valence electrons. The molecule has 2 aromatic carbocycles. The Kier molecular flexibility index (Phi) is 4.91. The smallest absolute Gasteiger partial charge is 0.203 e. The van der Waals surface area contributed by atoms with Gasteiger partial charge in [-0.15, -0.1) is 11.3 Å². The Hall–Kier alpha value is -2.66. The summed E-state index contributed by atoms with van der Waals surface area (Å²) in [5, 5.41) is 7.06. The molecule has 0 aliphatic heterocycles. The average molecular weight is 337 g/mol. The third-order valence-electron chi connectivity index (χ3n) is 3.65. The van der Waals surface area contributed by atoms with Crippen LogP contribution < -0.4 is 10.2 Å². The third-order valence-corrected chi connectivity index (χ3v) is 4.40. The van der Waals surface area contributed by atoms with Crippen LogP contribution in [0.1, 0.15) is 16.7 Å². The summed E-state index contributed by atoms with van der Waals surface area (Å²) in [6.45, 7) is 4.20. The van der Waals surface area contributed by atoms with Crippen molar-refractivity contribution in [2.75, 3.05) is 12.5 Å². The summed E-state index contributed by atoms with van der Waals surface area (Å²) in [4.78, 5) is 4.60. The lowest BCUT2D eigenvalue weighted by atomic mass is 10.0. The molecular formula is C19H19N3OS. The van der Waals surface area contributed by atoms with Crippen molar-refractivity contribution in [2.24, 2.45) is 5.10 Å². The van der Waals surface area contributed by atoms with Gasteiger partial charge < -0.3 is 4.74 Å². The highest BCUT2D eigenvalue weighted by Gasteiger charge is 2.06. The molecule has 0 saturated heterocycles. The number of rotatable bonds is 5. The summed E-state index contributed by atoms with van der Waals surface area (Å²) in [5.74, 6) is 0.832. The fourth-order valence-corrected chi connectivity index (χ4v) is 3.06. The summed E-state index contributed by atoms with van der Waals surface area (Å²) in [6.07, 6.45) is 1.76. The zero-order valence-corrected chi connectivity index (χ0v) is 14.7. The highest BCUT2D eigenvalue weighted by Crippen LogP contribution is 2.27. The van der Waals surface area contributed by atoms with Crippen LogP contribution in [0.2, 0.25) is 0 Å². The number of ether oxygens (including phenoxy) is 1. The van der Waals surface area contributed by atoms with Gasteiger partial charge in [-0.25, -0.2) is 4.98 Å². The van der Waals surface area contributed by atoms with Gasteiger partial charge in [0.15, 0.2) is 0 Å². The van der Waals surface area contributed by atoms with Crippen LogP contribution in [0.15, 0.2) is 52.9 Å². The average Bonchev–Trinajstić information content (AvgIpc) is 3.04. The van der Waals surface area contributed by atoms with Crippen LogP contribution in [-0.4, -0.2) is 18.3 Å². The predicted molar refractivity (Wildman–Crippen MR) is 101 cm³/mol. The van der Waals surface area contributed by atoms with Gasteiger partial charge in [0, 0.05) is 10.9 Å². The van der Waals surface area contributed by atoms with Gasteiger partial charge in [-0.05, 0) is 49.2 Å². The van der Waals surface area contributed by atoms with Gasteiger partial charge in [-0.3, -0.25) is 5.43 Å². The topological polar surface area (TPSA) is 46.5 Å². The van der Waals surface area contributed by atoms with E-state index in [0.717, 1.165) is 27.7 Å². The zero-order valence-electron chi connectivity index (χ0n) is 13.9. The molecule has 0 spiro atoms. The number of hydrogen-bond acceptors (Lipinski definition) is 5. The molecule has 4 nitrogen and oxygen atoms in total. The van der Waals surface area contributed by atoms with E-state index in [-0.39, 0.29) is 0 Å². The number of hydrogen-bond donors (Lipinski definition) is 1. The van der Waals surface area contributed by atoms with Gasteiger partial charge in [0.25, 0.3) is 0 Å². The molecule has 0 atom stereocenters. The van der Waals surface area contributed by atoms with Crippen molar-refractivity contribution in [1.82, 2.24) is 4.98 Å². The van der Waals surface area contributed by atoms with Gasteiger partial charge in [0.05, 0.1) is 19.0 Å². The number of methoxy groups -OCH3 is 1. The Morgan fingerprint density at radius 2 is 1.92 bits per heavy atom. The number of nitrogens with zero attached hydrogens (tertiary/aromatic N) is 2. The summed E-state index contributed by atoms with van der Waals surface area (Å²) in [5.41, 5.74) is 8.60. The molecule has 3 rings (SSSR count). The molecular weight excluding hydrogens is 318 g/mol. The van der Waals surface area contributed by atoms with E-state index >= 15 is 0 Å². The molecule has 0 bridgehead atoms. The molecule has 0 aliphatic carbocycles. The number of benzene rings is 2. The molecule has 1 heterocycles. The number of hydrazone groups is 1. The van der Waals surface area contributed by atoms with Crippen LogP contribution in [0.3, 0.4) is 0 Å². The number of nitrogens with one attached hydrogen (secondary N) is 1. The van der Waals surface area contributed by atoms with E-state index in [1.807, 2.05) is 29.6 Å². The lowest BCUT2D eigenvalue weighted by Crippen LogP contribution is -1.91. The van der Waals surface area contributed by atoms with E-state index in [1.54, 1.807) is 24.7 Å². The monoisotopic (exact) mass is 337 g/mol. The number of aromatic nitrogens is 1. The molecule has 0 amide bonds. The molecule has 1 N–H and O–H groups in total. The van der Waals surface area contributed by atoms with E-state index in [2.05, 4.69) is 47.6 Å². The minimum Gasteiger partial charge on any atom is -0.497 e. The third kappa shape index (κ3) is 3.81. The number of thiazole rings is 1. The first-order chi connectivity index (χ1) is 11.7. The van der Waals surface area contributed by atoms with E-state index in [1.165, 1.54) is 11.1 Å². The van der Waals surface area contributed by atoms with Crippen LogP contribution >= 0.6 is 11.3 Å². The first kappa shape index (κ1) is 16.2. The number of aryl methyl sites for hydroxylation is 2. The van der Waals surface area contributed by atoms with E-state index < -0.39 is 0 Å². The summed E-state index contributed by atoms with van der Waals surface area (Å²) < 4.78 is 5.14. The Bertz CT molecular complexity index is 853. The first-order valence-electron chi connectivity index (χ1n) is 7.62. The van der Waals surface area contributed by atoms with Gasteiger partial charge in [0.1, 0.15) is 5.75 Å². The minimum atomic E-state index is 0.773. The van der Waals surface area contributed by atoms with Gasteiger partial charge in [0.2, 0.25) is 5.13 Å². The van der Waals surface area contributed by atoms with Crippen molar-refractivity contribution in [2.45, 2.75) is 13.8 Å². The van der Waals surface area contributed by atoms with Gasteiger partial charge in [-0.1, -0.05) is 23.8 Å². The Labute approximate surface area is 145 Å². The first-order valence-corrected chi connectivity index (χ1v) is 8.50. The maximum Gasteiger partial charge on any atom is 0.203 e. The lowest BCUT2D eigenvalue weighted by molar-refractivity contribution is 0.415. The summed E-state index contributed by atoms with van der Waals surface area (Å²) in [7, 11) is 1.65. The Balaban J connectivity index is 1.68. The maximum absolute atomic E-state index is 5.14. The molecule has 0 unspecified atom stereocenters. The van der Waals surface area contributed by atoms with Crippen LogP contribution in [0.4, 0.5) is 5.13 Å². The van der Waals surface area contributed by atoms with Crippen molar-refractivity contribution in [1.29, 1.82) is 0 Å². The highest BCUT2D eigenvalue weighted by molar-refractivity contribution is 7.14. The molecule has 3 aromatic rings. The fourth-order valence-electron chi connectivity index (χ4n) is 2.40. The lowest BCUT2D eigenvalue weighted by Gasteiger charge is -2.03. The van der Waals surface area contributed by atoms with Crippen molar-refractivity contribution >= 4 is 22.7 Å². The zero-order chi connectivity index (χ0) is 16.9. The second-order valence-corrected chi connectivity index (χ2v) is 6.36. The van der Waals surface area contributed by atoms with Gasteiger partial charge >= 0.3 is 0 Å². The van der Waals surface area contributed by atoms with Crippen LogP contribution in [0.25, 0.3) is 11.3 Å². The van der Waals surface area contributed by atoms with Crippen LogP contribution in [-0.2, 0) is 0 Å². The minimum absolute atomic E-state index is 0.773. The van der Waals surface area contributed by atoms with Crippen LogP contribution in [0, 0.1) is 13.8 Å². The predicted octanol–water partition coefficient (Wildman–Crippen LogP) is 4.88. The van der Waals surface area contributed by atoms with Crippen molar-refractivity contribution in [3.05, 3.63) is 64.5 Å². The largest absolute Gasteiger partial charge is 0.497 e. The Morgan fingerprint density at radius 3 is 2.62 bits per heavy atom. The molecule has 0 radical (unpaired) electrons.